The third-order valence-electron chi connectivity index (χ3n) is 4.44. The summed E-state index contributed by atoms with van der Waals surface area (Å²) in [7, 11) is 3.24. The highest BCUT2D eigenvalue weighted by atomic mass is 79.9. The number of halogens is 3. The number of nitrogens with one attached hydrogen (secondary N) is 2. The van der Waals surface area contributed by atoms with Gasteiger partial charge >= 0.3 is 0 Å². The minimum absolute atomic E-state index is 0.482. The standard InChI is InChI=1S/C21H21BrCl2N4O2S/c1-29-18-6-3-13(9-19(18)30-2)7-8-25-21(31)26-20-16(22)12-28(27-20)11-14-4-5-15(23)10-17(14)24/h3-6,9-10,12H,7-8,11H2,1-2H3,(H2,25,26,27,31). The topological polar surface area (TPSA) is 60.3 Å². The molecule has 0 aliphatic rings. The SMILES string of the molecule is COc1ccc(CCNC(=S)Nc2nn(Cc3ccc(Cl)cc3Cl)cc2Br)cc1OC. The molecule has 3 aromatic rings. The molecule has 0 unspecified atom stereocenters. The second-order valence-corrected chi connectivity index (χ2v) is 8.69. The third kappa shape index (κ3) is 6.49. The predicted octanol–water partition coefficient (Wildman–Crippen LogP) is 5.55. The van der Waals surface area contributed by atoms with Gasteiger partial charge in [-0.1, -0.05) is 35.3 Å². The summed E-state index contributed by atoms with van der Waals surface area (Å²) in [5.41, 5.74) is 2.03. The van der Waals surface area contributed by atoms with Gasteiger partial charge in [-0.15, -0.1) is 0 Å². The van der Waals surface area contributed by atoms with E-state index in [0.717, 1.165) is 22.0 Å². The Labute approximate surface area is 205 Å². The van der Waals surface area contributed by atoms with Crippen molar-refractivity contribution in [1.29, 1.82) is 0 Å². The smallest absolute Gasteiger partial charge is 0.172 e. The average molecular weight is 544 g/mol. The van der Waals surface area contributed by atoms with Crippen molar-refractivity contribution in [2.75, 3.05) is 26.1 Å². The van der Waals surface area contributed by atoms with E-state index in [1.54, 1.807) is 31.0 Å². The second kappa shape index (κ2) is 11.0. The fourth-order valence-electron chi connectivity index (χ4n) is 2.90. The Morgan fingerprint density at radius 3 is 2.61 bits per heavy atom. The van der Waals surface area contributed by atoms with Crippen LogP contribution in [0.2, 0.25) is 10.0 Å². The van der Waals surface area contributed by atoms with Crippen molar-refractivity contribution in [2.24, 2.45) is 0 Å². The highest BCUT2D eigenvalue weighted by Gasteiger charge is 2.10. The molecular formula is C21H21BrCl2N4O2S. The van der Waals surface area contributed by atoms with Crippen LogP contribution in [-0.4, -0.2) is 35.7 Å². The van der Waals surface area contributed by atoms with E-state index < -0.39 is 0 Å². The van der Waals surface area contributed by atoms with Crippen LogP contribution in [0.1, 0.15) is 11.1 Å². The van der Waals surface area contributed by atoms with Crippen LogP contribution in [-0.2, 0) is 13.0 Å². The van der Waals surface area contributed by atoms with Crippen molar-refractivity contribution < 1.29 is 9.47 Å². The van der Waals surface area contributed by atoms with Crippen molar-refractivity contribution in [3.05, 3.63) is 68.2 Å². The van der Waals surface area contributed by atoms with Gasteiger partial charge in [0.25, 0.3) is 0 Å². The van der Waals surface area contributed by atoms with Crippen molar-refractivity contribution in [3.8, 4) is 11.5 Å². The Kier molecular flexibility index (Phi) is 8.43. The Hall–Kier alpha value is -2.00. The predicted molar refractivity (Wildman–Crippen MR) is 133 cm³/mol. The molecular weight excluding hydrogens is 523 g/mol. The van der Waals surface area contributed by atoms with Gasteiger partial charge in [0.05, 0.1) is 25.2 Å². The second-order valence-electron chi connectivity index (χ2n) is 6.58. The summed E-state index contributed by atoms with van der Waals surface area (Å²) in [6, 6.07) is 11.2. The third-order valence-corrected chi connectivity index (χ3v) is 5.86. The number of ether oxygens (including phenoxy) is 2. The molecule has 164 valence electrons. The number of thiocarbonyl (C=S) groups is 1. The summed E-state index contributed by atoms with van der Waals surface area (Å²) >= 11 is 21.1. The quantitative estimate of drug-likeness (QED) is 0.363. The lowest BCUT2D eigenvalue weighted by Crippen LogP contribution is -2.30. The first-order chi connectivity index (χ1) is 14.9. The first kappa shape index (κ1) is 23.7. The van der Waals surface area contributed by atoms with Crippen molar-refractivity contribution >= 4 is 62.3 Å². The number of rotatable bonds is 8. The van der Waals surface area contributed by atoms with Crippen molar-refractivity contribution in [2.45, 2.75) is 13.0 Å². The number of methoxy groups -OCH3 is 2. The Morgan fingerprint density at radius 1 is 1.13 bits per heavy atom. The first-order valence-electron chi connectivity index (χ1n) is 9.32. The van der Waals surface area contributed by atoms with Crippen molar-refractivity contribution in [1.82, 2.24) is 15.1 Å². The summed E-state index contributed by atoms with van der Waals surface area (Å²) in [6.07, 6.45) is 2.63. The van der Waals surface area contributed by atoms with E-state index in [2.05, 4.69) is 31.7 Å². The van der Waals surface area contributed by atoms with Crippen LogP contribution < -0.4 is 20.1 Å². The minimum Gasteiger partial charge on any atom is -0.493 e. The molecule has 31 heavy (non-hydrogen) atoms. The Bertz CT molecular complexity index is 1080. The molecule has 2 N–H and O–H groups in total. The number of nitrogens with zero attached hydrogens (tertiary/aromatic N) is 2. The summed E-state index contributed by atoms with van der Waals surface area (Å²) in [5, 5.41) is 12.5. The van der Waals surface area contributed by atoms with Crippen molar-refractivity contribution in [3.63, 3.8) is 0 Å². The number of hydrogen-bond donors (Lipinski definition) is 2. The lowest BCUT2D eigenvalue weighted by Gasteiger charge is -2.11. The van der Waals surface area contributed by atoms with Gasteiger partial charge in [-0.2, -0.15) is 5.10 Å². The Balaban J connectivity index is 1.54. The lowest BCUT2D eigenvalue weighted by molar-refractivity contribution is 0.354. The molecule has 6 nitrogen and oxygen atoms in total. The summed E-state index contributed by atoms with van der Waals surface area (Å²) in [5.74, 6) is 2.03. The molecule has 0 fully saturated rings. The summed E-state index contributed by atoms with van der Waals surface area (Å²) in [6.45, 7) is 1.16. The average Bonchev–Trinajstić information content (AvgIpc) is 3.08. The molecule has 0 radical (unpaired) electrons. The largest absolute Gasteiger partial charge is 0.493 e. The fourth-order valence-corrected chi connectivity index (χ4v) is 3.98. The molecule has 0 amide bonds. The van der Waals surface area contributed by atoms with E-state index in [9.17, 15) is 0 Å². The number of anilines is 1. The number of hydrogen-bond acceptors (Lipinski definition) is 4. The molecule has 0 aliphatic carbocycles. The Morgan fingerprint density at radius 2 is 1.90 bits per heavy atom. The van der Waals surface area contributed by atoms with Gasteiger partial charge in [0.15, 0.2) is 22.4 Å². The van der Waals surface area contributed by atoms with E-state index in [0.29, 0.717) is 45.6 Å². The minimum atomic E-state index is 0.482. The van der Waals surface area contributed by atoms with Crippen LogP contribution in [0.3, 0.4) is 0 Å². The van der Waals surface area contributed by atoms with E-state index >= 15 is 0 Å². The molecule has 1 aromatic heterocycles. The van der Waals surface area contributed by atoms with E-state index in [1.807, 2.05) is 30.5 Å². The molecule has 0 atom stereocenters. The molecule has 3 rings (SSSR count). The molecule has 2 aromatic carbocycles. The summed E-state index contributed by atoms with van der Waals surface area (Å²) in [4.78, 5) is 0. The molecule has 0 saturated heterocycles. The maximum Gasteiger partial charge on any atom is 0.172 e. The van der Waals surface area contributed by atoms with Gasteiger partial charge in [0.2, 0.25) is 0 Å². The molecule has 1 heterocycles. The highest BCUT2D eigenvalue weighted by Crippen LogP contribution is 2.28. The van der Waals surface area contributed by atoms with Gasteiger partial charge < -0.3 is 20.1 Å². The van der Waals surface area contributed by atoms with Crippen LogP contribution in [0.15, 0.2) is 47.1 Å². The molecule has 0 spiro atoms. The fraction of sp³-hybridized carbons (Fsp3) is 0.238. The normalized spacial score (nSPS) is 10.6. The van der Waals surface area contributed by atoms with Crippen LogP contribution >= 0.6 is 51.3 Å². The highest BCUT2D eigenvalue weighted by molar-refractivity contribution is 9.10. The maximum atomic E-state index is 6.26. The van der Waals surface area contributed by atoms with E-state index in [4.69, 9.17) is 44.9 Å². The van der Waals surface area contributed by atoms with Gasteiger partial charge in [-0.3, -0.25) is 4.68 Å². The zero-order chi connectivity index (χ0) is 22.4. The monoisotopic (exact) mass is 542 g/mol. The summed E-state index contributed by atoms with van der Waals surface area (Å²) < 4.78 is 13.2. The van der Waals surface area contributed by atoms with Gasteiger partial charge in [-0.25, -0.2) is 0 Å². The van der Waals surface area contributed by atoms with Crippen LogP contribution in [0, 0.1) is 0 Å². The van der Waals surface area contributed by atoms with Gasteiger partial charge in [0, 0.05) is 22.8 Å². The van der Waals surface area contributed by atoms with E-state index in [-0.39, 0.29) is 0 Å². The zero-order valence-corrected chi connectivity index (χ0v) is 20.8. The maximum absolute atomic E-state index is 6.26. The molecule has 10 heteroatoms. The van der Waals surface area contributed by atoms with Gasteiger partial charge in [-0.05, 0) is 70.0 Å². The first-order valence-corrected chi connectivity index (χ1v) is 11.3. The zero-order valence-electron chi connectivity index (χ0n) is 16.9. The molecule has 0 aliphatic heterocycles. The number of benzene rings is 2. The molecule has 0 saturated carbocycles. The number of aromatic nitrogens is 2. The van der Waals surface area contributed by atoms with Crippen LogP contribution in [0.25, 0.3) is 0 Å². The lowest BCUT2D eigenvalue weighted by atomic mass is 10.1. The van der Waals surface area contributed by atoms with Crippen LogP contribution in [0.4, 0.5) is 5.82 Å². The molecule has 0 bridgehead atoms. The van der Waals surface area contributed by atoms with E-state index in [1.165, 1.54) is 0 Å². The van der Waals surface area contributed by atoms with Crippen LogP contribution in [0.5, 0.6) is 11.5 Å². The van der Waals surface area contributed by atoms with Gasteiger partial charge in [0.1, 0.15) is 0 Å².